The van der Waals surface area contributed by atoms with Gasteiger partial charge in [-0.15, -0.1) is 21.5 Å². The Morgan fingerprint density at radius 2 is 2.19 bits per heavy atom. The highest BCUT2D eigenvalue weighted by atomic mass is 32.2. The number of primary sulfonamides is 1. The van der Waals surface area contributed by atoms with Crippen molar-refractivity contribution in [3.63, 3.8) is 0 Å². The van der Waals surface area contributed by atoms with E-state index in [1.807, 2.05) is 22.1 Å². The molecule has 3 heterocycles. The molecule has 1 aromatic carbocycles. The lowest BCUT2D eigenvalue weighted by molar-refractivity contribution is -0.113. The number of hydrogen-bond donors (Lipinski definition) is 2. The van der Waals surface area contributed by atoms with Crippen molar-refractivity contribution in [1.29, 1.82) is 0 Å². The van der Waals surface area contributed by atoms with E-state index in [0.29, 0.717) is 17.4 Å². The minimum atomic E-state index is -3.84. The summed E-state index contributed by atoms with van der Waals surface area (Å²) in [5, 5.41) is 19.1. The third-order valence-corrected chi connectivity index (χ3v) is 7.39. The van der Waals surface area contributed by atoms with Crippen LogP contribution in [0.1, 0.15) is 12.8 Å². The van der Waals surface area contributed by atoms with Gasteiger partial charge in [0.15, 0.2) is 11.0 Å². The third-order valence-electron chi connectivity index (χ3n) is 4.65. The van der Waals surface area contributed by atoms with E-state index >= 15 is 0 Å². The smallest absolute Gasteiger partial charge is 0.238 e. The highest BCUT2D eigenvalue weighted by Crippen LogP contribution is 2.29. The summed E-state index contributed by atoms with van der Waals surface area (Å²) in [6.07, 6.45) is 2.11. The van der Waals surface area contributed by atoms with Gasteiger partial charge in [0.05, 0.1) is 28.2 Å². The number of hydrogen-bond acceptors (Lipinski definition) is 8. The first-order valence-electron chi connectivity index (χ1n) is 9.54. The molecule has 1 aliphatic heterocycles. The highest BCUT2D eigenvalue weighted by Gasteiger charge is 2.22. The molecule has 0 saturated carbocycles. The van der Waals surface area contributed by atoms with Crippen molar-refractivity contribution in [2.75, 3.05) is 17.7 Å². The summed E-state index contributed by atoms with van der Waals surface area (Å²) in [5.74, 6) is 0.559. The van der Waals surface area contributed by atoms with Crippen molar-refractivity contribution in [3.8, 4) is 10.7 Å². The molecule has 2 aromatic heterocycles. The van der Waals surface area contributed by atoms with Gasteiger partial charge in [0.2, 0.25) is 15.9 Å². The van der Waals surface area contributed by atoms with Crippen molar-refractivity contribution in [3.05, 3.63) is 41.8 Å². The molecule has 164 valence electrons. The van der Waals surface area contributed by atoms with Crippen molar-refractivity contribution in [2.45, 2.75) is 35.5 Å². The number of nitrogens with zero attached hydrogens (tertiary/aromatic N) is 3. The van der Waals surface area contributed by atoms with Crippen LogP contribution >= 0.6 is 23.1 Å². The summed E-state index contributed by atoms with van der Waals surface area (Å²) in [7, 11) is -3.84. The summed E-state index contributed by atoms with van der Waals surface area (Å²) in [4.78, 5) is 13.4. The average Bonchev–Trinajstić information content (AvgIpc) is 3.49. The maximum Gasteiger partial charge on any atom is 0.238 e. The fourth-order valence-electron chi connectivity index (χ4n) is 3.22. The average molecular weight is 480 g/mol. The Morgan fingerprint density at radius 3 is 2.90 bits per heavy atom. The molecule has 31 heavy (non-hydrogen) atoms. The summed E-state index contributed by atoms with van der Waals surface area (Å²) in [5.41, 5.74) is 0.359. The molecule has 1 saturated heterocycles. The van der Waals surface area contributed by atoms with Gasteiger partial charge in [-0.1, -0.05) is 23.9 Å². The second-order valence-corrected chi connectivity index (χ2v) is 10.4. The first kappa shape index (κ1) is 22.0. The minimum absolute atomic E-state index is 0.0603. The van der Waals surface area contributed by atoms with Crippen molar-refractivity contribution in [2.24, 2.45) is 5.14 Å². The first-order valence-corrected chi connectivity index (χ1v) is 13.0. The highest BCUT2D eigenvalue weighted by molar-refractivity contribution is 7.99. The normalized spacial score (nSPS) is 16.5. The number of nitrogens with one attached hydrogen (secondary N) is 1. The number of aromatic nitrogens is 3. The molecule has 0 unspecified atom stereocenters. The molecule has 1 fully saturated rings. The zero-order valence-electron chi connectivity index (χ0n) is 16.4. The molecule has 3 aromatic rings. The van der Waals surface area contributed by atoms with Gasteiger partial charge >= 0.3 is 0 Å². The zero-order chi connectivity index (χ0) is 21.8. The predicted octanol–water partition coefficient (Wildman–Crippen LogP) is 2.56. The second-order valence-electron chi connectivity index (χ2n) is 6.94. The molecule has 3 N–H and O–H groups in total. The van der Waals surface area contributed by atoms with Crippen LogP contribution in [0.15, 0.2) is 51.8 Å². The van der Waals surface area contributed by atoms with Crippen LogP contribution in [0.5, 0.6) is 0 Å². The Bertz CT molecular complexity index is 1160. The van der Waals surface area contributed by atoms with E-state index in [2.05, 4.69) is 15.5 Å². The fraction of sp³-hybridized carbons (Fsp3) is 0.316. The zero-order valence-corrected chi connectivity index (χ0v) is 18.9. The van der Waals surface area contributed by atoms with Gasteiger partial charge < -0.3 is 10.1 Å². The van der Waals surface area contributed by atoms with E-state index in [4.69, 9.17) is 9.88 Å². The Hall–Kier alpha value is -2.25. The molecule has 4 rings (SSSR count). The van der Waals surface area contributed by atoms with Crippen LogP contribution in [-0.4, -0.2) is 47.6 Å². The number of thioether (sulfide) groups is 1. The van der Waals surface area contributed by atoms with Gasteiger partial charge in [0, 0.05) is 12.3 Å². The van der Waals surface area contributed by atoms with Crippen LogP contribution in [0, 0.1) is 0 Å². The quantitative estimate of drug-likeness (QED) is 0.475. The Labute approximate surface area is 188 Å². The van der Waals surface area contributed by atoms with Crippen molar-refractivity contribution >= 4 is 44.7 Å². The first-order chi connectivity index (χ1) is 14.9. The number of carbonyl (C=O) groups is 1. The third kappa shape index (κ3) is 5.52. The molecule has 0 aliphatic carbocycles. The van der Waals surface area contributed by atoms with E-state index in [1.165, 1.54) is 30.0 Å². The Kier molecular flexibility index (Phi) is 6.72. The number of nitrogens with two attached hydrogens (primary N) is 1. The Morgan fingerprint density at radius 1 is 1.32 bits per heavy atom. The largest absolute Gasteiger partial charge is 0.376 e. The maximum absolute atomic E-state index is 12.4. The van der Waals surface area contributed by atoms with Gasteiger partial charge in [-0.25, -0.2) is 13.6 Å². The number of thiophene rings is 1. The minimum Gasteiger partial charge on any atom is -0.376 e. The molecular formula is C19H21N5O4S3. The molecule has 12 heteroatoms. The van der Waals surface area contributed by atoms with Gasteiger partial charge in [-0.2, -0.15) is 0 Å². The number of amides is 1. The molecule has 1 atom stereocenters. The number of rotatable bonds is 8. The van der Waals surface area contributed by atoms with Gasteiger partial charge in [-0.3, -0.25) is 9.36 Å². The molecule has 0 bridgehead atoms. The summed E-state index contributed by atoms with van der Waals surface area (Å²) in [6.45, 7) is 1.38. The lowest BCUT2D eigenvalue weighted by Crippen LogP contribution is -2.18. The van der Waals surface area contributed by atoms with E-state index < -0.39 is 10.0 Å². The number of ether oxygens (including phenoxy) is 1. The summed E-state index contributed by atoms with van der Waals surface area (Å²) in [6, 6.07) is 9.77. The topological polar surface area (TPSA) is 129 Å². The second kappa shape index (κ2) is 9.49. The predicted molar refractivity (Wildman–Crippen MR) is 119 cm³/mol. The molecule has 9 nitrogen and oxygen atoms in total. The van der Waals surface area contributed by atoms with Crippen LogP contribution in [0.3, 0.4) is 0 Å². The SMILES string of the molecule is NS(=O)(=O)c1cccc(NC(=O)CSc2nnc(-c3cccs3)n2C[C@H]2CCCO2)c1. The fourth-order valence-corrected chi connectivity index (χ4v) is 5.24. The Balaban J connectivity index is 1.46. The van der Waals surface area contributed by atoms with Crippen LogP contribution in [-0.2, 0) is 26.1 Å². The lowest BCUT2D eigenvalue weighted by atomic mass is 10.2. The number of benzene rings is 1. The maximum atomic E-state index is 12.4. The van der Waals surface area contributed by atoms with Gasteiger partial charge in [-0.05, 0) is 42.5 Å². The van der Waals surface area contributed by atoms with Crippen LogP contribution < -0.4 is 10.5 Å². The van der Waals surface area contributed by atoms with Crippen molar-refractivity contribution in [1.82, 2.24) is 14.8 Å². The van der Waals surface area contributed by atoms with Crippen molar-refractivity contribution < 1.29 is 17.9 Å². The molecular weight excluding hydrogens is 458 g/mol. The van der Waals surface area contributed by atoms with E-state index in [1.54, 1.807) is 17.4 Å². The number of anilines is 1. The number of sulfonamides is 1. The lowest BCUT2D eigenvalue weighted by Gasteiger charge is -2.14. The standard InChI is InChI=1S/C19H21N5O4S3/c20-31(26,27)15-6-1-4-13(10-15)21-17(25)12-30-19-23-22-18(16-7-3-9-29-16)24(19)11-14-5-2-8-28-14/h1,3-4,6-7,9-10,14H,2,5,8,11-12H2,(H,21,25)(H2,20,26,27)/t14-/m1/s1. The van der Waals surface area contributed by atoms with E-state index in [9.17, 15) is 13.2 Å². The van der Waals surface area contributed by atoms with Crippen LogP contribution in [0.2, 0.25) is 0 Å². The summed E-state index contributed by atoms with van der Waals surface area (Å²) >= 11 is 2.85. The van der Waals surface area contributed by atoms with E-state index in [0.717, 1.165) is 30.2 Å². The molecule has 1 aliphatic rings. The van der Waals surface area contributed by atoms with Gasteiger partial charge in [0.1, 0.15) is 0 Å². The van der Waals surface area contributed by atoms with Crippen LogP contribution in [0.4, 0.5) is 5.69 Å². The molecule has 1 amide bonds. The number of carbonyl (C=O) groups excluding carboxylic acids is 1. The molecule has 0 radical (unpaired) electrons. The van der Waals surface area contributed by atoms with Gasteiger partial charge in [0.25, 0.3) is 0 Å². The summed E-state index contributed by atoms with van der Waals surface area (Å²) < 4.78 is 30.8. The van der Waals surface area contributed by atoms with E-state index in [-0.39, 0.29) is 22.7 Å². The van der Waals surface area contributed by atoms with Crippen LogP contribution in [0.25, 0.3) is 10.7 Å². The monoisotopic (exact) mass is 479 g/mol. The molecule has 0 spiro atoms.